The summed E-state index contributed by atoms with van der Waals surface area (Å²) in [5.41, 5.74) is 8.17. The van der Waals surface area contributed by atoms with E-state index >= 15 is 0 Å². The monoisotopic (exact) mass is 720 g/mol. The number of rotatable bonds is 9. The van der Waals surface area contributed by atoms with Crippen LogP contribution in [-0.2, 0) is 45.2 Å². The lowest BCUT2D eigenvalue weighted by atomic mass is 9.65. The van der Waals surface area contributed by atoms with Crippen LogP contribution in [0.2, 0.25) is 0 Å². The molecule has 4 atom stereocenters. The molecule has 12 heteroatoms. The van der Waals surface area contributed by atoms with Crippen molar-refractivity contribution in [3.63, 3.8) is 0 Å². The van der Waals surface area contributed by atoms with E-state index in [-0.39, 0.29) is 41.8 Å². The van der Waals surface area contributed by atoms with E-state index in [0.717, 1.165) is 44.7 Å². The van der Waals surface area contributed by atoms with Crippen LogP contribution in [0.25, 0.3) is 28.1 Å². The van der Waals surface area contributed by atoms with Crippen molar-refractivity contribution < 1.29 is 38.5 Å². The second kappa shape index (κ2) is 14.3. The van der Waals surface area contributed by atoms with Gasteiger partial charge >= 0.3 is 23.9 Å². The van der Waals surface area contributed by atoms with Gasteiger partial charge in [0.2, 0.25) is 0 Å². The van der Waals surface area contributed by atoms with Crippen LogP contribution in [-0.4, -0.2) is 70.2 Å². The average molecular weight is 721 g/mol. The van der Waals surface area contributed by atoms with Crippen LogP contribution in [0.5, 0.6) is 0 Å². The van der Waals surface area contributed by atoms with Crippen molar-refractivity contribution >= 4 is 52.0 Å². The number of hydrogen-bond donors (Lipinski definition) is 3. The lowest BCUT2D eigenvalue weighted by Crippen LogP contribution is -2.37. The van der Waals surface area contributed by atoms with Crippen molar-refractivity contribution in [2.75, 3.05) is 21.3 Å². The zero-order valence-corrected chi connectivity index (χ0v) is 31.0. The number of aryl methyl sites for hydroxylation is 3. The lowest BCUT2D eigenvalue weighted by molar-refractivity contribution is -0.140. The molecule has 3 aromatic heterocycles. The fourth-order valence-corrected chi connectivity index (χ4v) is 8.05. The molecule has 0 saturated carbocycles. The van der Waals surface area contributed by atoms with Gasteiger partial charge in [0.15, 0.2) is 0 Å². The lowest BCUT2D eigenvalue weighted by Gasteiger charge is -2.35. The van der Waals surface area contributed by atoms with Gasteiger partial charge in [-0.25, -0.2) is 9.59 Å². The highest BCUT2D eigenvalue weighted by atomic mass is 16.5. The summed E-state index contributed by atoms with van der Waals surface area (Å²) in [6.45, 7) is 11.9. The number of H-pyrrole nitrogens is 2. The first-order valence-corrected chi connectivity index (χ1v) is 17.5. The minimum absolute atomic E-state index is 0.0258. The Kier molecular flexibility index (Phi) is 10.0. The third-order valence-electron chi connectivity index (χ3n) is 11.1. The van der Waals surface area contributed by atoms with E-state index in [1.165, 1.54) is 21.3 Å². The molecule has 3 N–H and O–H groups in total. The van der Waals surface area contributed by atoms with E-state index in [1.807, 2.05) is 51.1 Å². The molecular formula is C41H44N4O8. The number of ether oxygens (including phenoxy) is 3. The fourth-order valence-electron chi connectivity index (χ4n) is 8.05. The predicted molar refractivity (Wildman–Crippen MR) is 199 cm³/mol. The summed E-state index contributed by atoms with van der Waals surface area (Å²) in [4.78, 5) is 68.3. The first-order valence-electron chi connectivity index (χ1n) is 17.5. The maximum atomic E-state index is 13.7. The summed E-state index contributed by atoms with van der Waals surface area (Å²) in [6, 6.07) is 7.76. The van der Waals surface area contributed by atoms with Crippen molar-refractivity contribution in [3.05, 3.63) is 99.2 Å². The summed E-state index contributed by atoms with van der Waals surface area (Å²) in [5, 5.41) is 9.63. The maximum absolute atomic E-state index is 13.7. The van der Waals surface area contributed by atoms with Gasteiger partial charge in [0.05, 0.1) is 49.3 Å². The SMILES string of the molecule is C=Cc1c(C)c2cc3nc(cc4[nH]c(cc5nc(cc1[nH]2)C(C)C5CCC(=O)O)c(CCC(=O)OC)c4C)[C@]1(C)C(C(=O)OC)=C(C(=O)OC)C=CC31. The third-order valence-corrected chi connectivity index (χ3v) is 11.1. The molecule has 0 amide bonds. The van der Waals surface area contributed by atoms with Crippen LogP contribution in [0.15, 0.2) is 54.1 Å². The summed E-state index contributed by atoms with van der Waals surface area (Å²) >= 11 is 0. The number of methoxy groups -OCH3 is 3. The zero-order chi connectivity index (χ0) is 38.4. The molecule has 2 aliphatic heterocycles. The number of nitrogens with one attached hydrogen (secondary N) is 2. The number of carboxylic acid groups (broad SMARTS) is 1. The van der Waals surface area contributed by atoms with Crippen LogP contribution in [0.1, 0.15) is 95.9 Å². The fraction of sp³-hybridized carbons (Fsp3) is 0.366. The Morgan fingerprint density at radius 3 is 2.19 bits per heavy atom. The van der Waals surface area contributed by atoms with Gasteiger partial charge in [-0.3, -0.25) is 19.6 Å². The number of carbonyl (C=O) groups is 4. The molecule has 3 aliphatic rings. The number of aliphatic carboxylic acids is 1. The maximum Gasteiger partial charge on any atom is 0.338 e. The Balaban J connectivity index is 1.76. The first kappa shape index (κ1) is 37.0. The smallest absolute Gasteiger partial charge is 0.338 e. The summed E-state index contributed by atoms with van der Waals surface area (Å²) in [6.07, 6.45) is 6.08. The molecule has 0 saturated heterocycles. The topological polar surface area (TPSA) is 174 Å². The predicted octanol–water partition coefficient (Wildman–Crippen LogP) is 6.69. The molecular weight excluding hydrogens is 676 g/mol. The Morgan fingerprint density at radius 2 is 1.53 bits per heavy atom. The third kappa shape index (κ3) is 6.36. The van der Waals surface area contributed by atoms with Crippen LogP contribution < -0.4 is 0 Å². The van der Waals surface area contributed by atoms with Gasteiger partial charge in [-0.05, 0) is 74.6 Å². The molecule has 5 heterocycles. The Morgan fingerprint density at radius 1 is 0.868 bits per heavy atom. The van der Waals surface area contributed by atoms with Gasteiger partial charge in [0.1, 0.15) is 0 Å². The molecule has 1 aliphatic carbocycles. The van der Waals surface area contributed by atoms with Crippen LogP contribution in [0.4, 0.5) is 0 Å². The van der Waals surface area contributed by atoms with Crippen molar-refractivity contribution in [2.24, 2.45) is 0 Å². The van der Waals surface area contributed by atoms with Gasteiger partial charge in [-0.1, -0.05) is 31.7 Å². The Bertz CT molecular complexity index is 2290. The molecule has 0 aromatic carbocycles. The molecule has 0 radical (unpaired) electrons. The van der Waals surface area contributed by atoms with E-state index < -0.39 is 29.2 Å². The van der Waals surface area contributed by atoms with E-state index in [2.05, 4.69) is 23.5 Å². The molecule has 6 rings (SSSR count). The molecule has 53 heavy (non-hydrogen) atoms. The largest absolute Gasteiger partial charge is 0.481 e. The highest BCUT2D eigenvalue weighted by Crippen LogP contribution is 2.52. The van der Waals surface area contributed by atoms with Crippen molar-refractivity contribution in [1.82, 2.24) is 19.9 Å². The van der Waals surface area contributed by atoms with Crippen molar-refractivity contribution in [2.45, 2.75) is 76.5 Å². The first-order chi connectivity index (χ1) is 25.3. The number of fused-ring (bicyclic) bond motifs is 11. The summed E-state index contributed by atoms with van der Waals surface area (Å²) in [7, 11) is 3.88. The van der Waals surface area contributed by atoms with Crippen LogP contribution in [0, 0.1) is 13.8 Å². The minimum atomic E-state index is -1.16. The zero-order valence-electron chi connectivity index (χ0n) is 31.0. The number of aromatic nitrogens is 4. The van der Waals surface area contributed by atoms with E-state index in [4.69, 9.17) is 24.2 Å². The van der Waals surface area contributed by atoms with Crippen LogP contribution in [0.3, 0.4) is 0 Å². The second-order valence-corrected chi connectivity index (χ2v) is 13.9. The Labute approximate surface area is 307 Å². The molecule has 12 nitrogen and oxygen atoms in total. The number of carboxylic acids is 1. The summed E-state index contributed by atoms with van der Waals surface area (Å²) < 4.78 is 15.4. The molecule has 3 unspecified atom stereocenters. The number of hydrogen-bond acceptors (Lipinski definition) is 9. The highest BCUT2D eigenvalue weighted by Gasteiger charge is 2.51. The van der Waals surface area contributed by atoms with E-state index in [0.29, 0.717) is 35.3 Å². The van der Waals surface area contributed by atoms with Gasteiger partial charge in [0.25, 0.3) is 0 Å². The highest BCUT2D eigenvalue weighted by molar-refractivity contribution is 6.05. The average Bonchev–Trinajstić information content (AvgIpc) is 3.79. The van der Waals surface area contributed by atoms with Gasteiger partial charge in [0, 0.05) is 69.6 Å². The number of aromatic amines is 2. The number of allylic oxidation sites excluding steroid dienone is 1. The van der Waals surface area contributed by atoms with E-state index in [1.54, 1.807) is 12.2 Å². The minimum Gasteiger partial charge on any atom is -0.481 e. The summed E-state index contributed by atoms with van der Waals surface area (Å²) in [5.74, 6) is -3.37. The van der Waals surface area contributed by atoms with Crippen LogP contribution >= 0.6 is 0 Å². The standard InChI is InChI=1S/C41H44N4O8/c1-9-23-20(2)29-17-34-27-13-10-26(39(49)52-7)38(40(50)53-8)41(27,5)35(45-34)19-30-22(4)25(12-15-37(48)51-6)33(44-30)18-32-24(11-14-36(46)47)21(3)28(43-32)16-31(23)42-29/h9-10,13,16-19,21,24,27,42,44H,1,11-12,14-15H2,2-8H3,(H,46,47)/t21?,24?,27?,41-/m1/s1. The van der Waals surface area contributed by atoms with Gasteiger partial charge in [-0.2, -0.15) is 0 Å². The molecule has 8 bridgehead atoms. The van der Waals surface area contributed by atoms with E-state index in [9.17, 15) is 24.3 Å². The molecule has 0 fully saturated rings. The van der Waals surface area contributed by atoms with Crippen molar-refractivity contribution in [3.8, 4) is 0 Å². The number of nitrogens with zero attached hydrogens (tertiary/aromatic N) is 2. The van der Waals surface area contributed by atoms with Gasteiger partial charge < -0.3 is 29.3 Å². The Hall–Kier alpha value is -5.78. The quantitative estimate of drug-likeness (QED) is 0.160. The number of carbonyl (C=O) groups excluding carboxylic acids is 3. The molecule has 0 spiro atoms. The normalized spacial score (nSPS) is 20.5. The number of esters is 3. The van der Waals surface area contributed by atoms with Gasteiger partial charge in [-0.15, -0.1) is 0 Å². The second-order valence-electron chi connectivity index (χ2n) is 13.9. The van der Waals surface area contributed by atoms with Crippen molar-refractivity contribution in [1.29, 1.82) is 0 Å². The molecule has 276 valence electrons. The molecule has 3 aromatic rings.